The van der Waals surface area contributed by atoms with Crippen LogP contribution in [0.4, 0.5) is 5.69 Å². The van der Waals surface area contributed by atoms with Gasteiger partial charge in [-0.3, -0.25) is 9.59 Å². The molecular weight excluding hydrogens is 413 g/mol. The number of anilines is 1. The first-order chi connectivity index (χ1) is 14.0. The molecule has 1 aliphatic rings. The number of hydrogen-bond donors (Lipinski definition) is 1. The summed E-state index contributed by atoms with van der Waals surface area (Å²) in [7, 11) is 0. The van der Waals surface area contributed by atoms with E-state index < -0.39 is 24.4 Å². The minimum atomic E-state index is -0.687. The van der Waals surface area contributed by atoms with Crippen molar-refractivity contribution in [1.82, 2.24) is 0 Å². The molecule has 1 heterocycles. The average Bonchev–Trinajstić information content (AvgIpc) is 2.73. The van der Waals surface area contributed by atoms with Crippen molar-refractivity contribution >= 4 is 40.8 Å². The zero-order valence-electron chi connectivity index (χ0n) is 15.0. The number of ether oxygens (including phenoxy) is 2. The smallest absolute Gasteiger partial charge is 0.318 e. The van der Waals surface area contributed by atoms with E-state index in [9.17, 15) is 9.59 Å². The Hall–Kier alpha value is -3.02. The van der Waals surface area contributed by atoms with Gasteiger partial charge in [0.05, 0.1) is 15.7 Å². The lowest BCUT2D eigenvalue weighted by Gasteiger charge is -2.26. The SMILES string of the molecule is O=C(COC(=O)C1c2ccccc2Oc2ccccc21)Nc1c(Cl)cccc1Cl. The topological polar surface area (TPSA) is 64.6 Å². The number of carbonyl (C=O) groups excluding carboxylic acids is 2. The number of carbonyl (C=O) groups is 2. The van der Waals surface area contributed by atoms with Crippen LogP contribution in [0.5, 0.6) is 11.5 Å². The maximum atomic E-state index is 12.9. The van der Waals surface area contributed by atoms with Crippen LogP contribution >= 0.6 is 23.2 Å². The molecule has 1 aliphatic heterocycles. The molecule has 0 atom stereocenters. The van der Waals surface area contributed by atoms with Gasteiger partial charge in [0, 0.05) is 11.1 Å². The van der Waals surface area contributed by atoms with Gasteiger partial charge in [0.2, 0.25) is 0 Å². The summed E-state index contributed by atoms with van der Waals surface area (Å²) in [5.41, 5.74) is 1.65. The summed E-state index contributed by atoms with van der Waals surface area (Å²) in [6.07, 6.45) is 0. The molecule has 146 valence electrons. The number of rotatable bonds is 4. The fourth-order valence-electron chi connectivity index (χ4n) is 3.18. The molecule has 1 amide bonds. The molecule has 29 heavy (non-hydrogen) atoms. The standard InChI is InChI=1S/C22H15Cl2NO4/c23-15-8-5-9-16(24)21(15)25-19(26)12-28-22(27)20-13-6-1-3-10-17(13)29-18-11-4-2-7-14(18)20/h1-11,20H,12H2,(H,25,26). The van der Waals surface area contributed by atoms with E-state index in [-0.39, 0.29) is 5.69 Å². The molecular formula is C22H15Cl2NO4. The van der Waals surface area contributed by atoms with Gasteiger partial charge in [-0.25, -0.2) is 0 Å². The summed E-state index contributed by atoms with van der Waals surface area (Å²) < 4.78 is 11.2. The summed E-state index contributed by atoms with van der Waals surface area (Å²) in [5, 5.41) is 3.16. The van der Waals surface area contributed by atoms with Crippen LogP contribution in [-0.4, -0.2) is 18.5 Å². The number of para-hydroxylation sites is 3. The number of hydrogen-bond acceptors (Lipinski definition) is 4. The fraction of sp³-hybridized carbons (Fsp3) is 0.0909. The van der Waals surface area contributed by atoms with E-state index in [1.165, 1.54) is 0 Å². The second-order valence-corrected chi connectivity index (χ2v) is 7.18. The first kappa shape index (κ1) is 19.3. The quantitative estimate of drug-likeness (QED) is 0.565. The molecule has 0 bridgehead atoms. The number of fused-ring (bicyclic) bond motifs is 2. The maximum Gasteiger partial charge on any atom is 0.318 e. The fourth-order valence-corrected chi connectivity index (χ4v) is 3.67. The molecule has 1 N–H and O–H groups in total. The van der Waals surface area contributed by atoms with Crippen molar-refractivity contribution in [3.05, 3.63) is 87.9 Å². The molecule has 4 rings (SSSR count). The Bertz CT molecular complexity index is 1030. The van der Waals surface area contributed by atoms with Crippen LogP contribution in [0.25, 0.3) is 0 Å². The molecule has 0 aliphatic carbocycles. The van der Waals surface area contributed by atoms with E-state index in [2.05, 4.69) is 5.32 Å². The Labute approximate surface area is 177 Å². The zero-order valence-corrected chi connectivity index (χ0v) is 16.5. The lowest BCUT2D eigenvalue weighted by Crippen LogP contribution is -2.26. The highest BCUT2D eigenvalue weighted by molar-refractivity contribution is 6.39. The minimum absolute atomic E-state index is 0.277. The van der Waals surface area contributed by atoms with Crippen LogP contribution in [0, 0.1) is 0 Å². The highest BCUT2D eigenvalue weighted by atomic mass is 35.5. The highest BCUT2D eigenvalue weighted by Gasteiger charge is 2.33. The van der Waals surface area contributed by atoms with Crippen molar-refractivity contribution in [1.29, 1.82) is 0 Å². The Kier molecular flexibility index (Phi) is 5.43. The van der Waals surface area contributed by atoms with Gasteiger partial charge in [0.25, 0.3) is 5.91 Å². The summed E-state index contributed by atoms with van der Waals surface area (Å²) >= 11 is 12.1. The zero-order chi connectivity index (χ0) is 20.4. The summed E-state index contributed by atoms with van der Waals surface area (Å²) in [4.78, 5) is 25.2. The van der Waals surface area contributed by atoms with Crippen LogP contribution in [0.15, 0.2) is 66.7 Å². The highest BCUT2D eigenvalue weighted by Crippen LogP contribution is 2.44. The van der Waals surface area contributed by atoms with E-state index in [1.54, 1.807) is 42.5 Å². The summed E-state index contributed by atoms with van der Waals surface area (Å²) in [6.45, 7) is -0.470. The molecule has 0 spiro atoms. The number of esters is 1. The number of halogens is 2. The van der Waals surface area contributed by atoms with E-state index in [1.807, 2.05) is 24.3 Å². The molecule has 7 heteroatoms. The predicted molar refractivity (Wildman–Crippen MR) is 111 cm³/mol. The van der Waals surface area contributed by atoms with Gasteiger partial charge in [-0.05, 0) is 24.3 Å². The first-order valence-electron chi connectivity index (χ1n) is 8.81. The minimum Gasteiger partial charge on any atom is -0.457 e. The largest absolute Gasteiger partial charge is 0.457 e. The van der Waals surface area contributed by atoms with Gasteiger partial charge >= 0.3 is 5.97 Å². The van der Waals surface area contributed by atoms with Crippen molar-refractivity contribution in [3.63, 3.8) is 0 Å². The molecule has 3 aromatic rings. The molecule has 0 saturated heterocycles. The molecule has 0 radical (unpaired) electrons. The first-order valence-corrected chi connectivity index (χ1v) is 9.56. The monoisotopic (exact) mass is 427 g/mol. The Morgan fingerprint density at radius 2 is 1.41 bits per heavy atom. The van der Waals surface area contributed by atoms with Crippen LogP contribution < -0.4 is 10.1 Å². The third kappa shape index (κ3) is 3.92. The Morgan fingerprint density at radius 1 is 0.862 bits per heavy atom. The second-order valence-electron chi connectivity index (χ2n) is 6.36. The predicted octanol–water partition coefficient (Wildman–Crippen LogP) is 5.41. The summed E-state index contributed by atoms with van der Waals surface area (Å²) in [5.74, 6) is -0.607. The third-order valence-electron chi connectivity index (χ3n) is 4.49. The van der Waals surface area contributed by atoms with Gasteiger partial charge < -0.3 is 14.8 Å². The van der Waals surface area contributed by atoms with Crippen molar-refractivity contribution in [2.24, 2.45) is 0 Å². The van der Waals surface area contributed by atoms with E-state index in [0.717, 1.165) is 0 Å². The molecule has 0 aromatic heterocycles. The molecule has 3 aromatic carbocycles. The van der Waals surface area contributed by atoms with Crippen molar-refractivity contribution < 1.29 is 19.1 Å². The van der Waals surface area contributed by atoms with Gasteiger partial charge in [-0.1, -0.05) is 65.7 Å². The average molecular weight is 428 g/mol. The van der Waals surface area contributed by atoms with Crippen LogP contribution in [0.2, 0.25) is 10.0 Å². The van der Waals surface area contributed by atoms with Crippen LogP contribution in [0.3, 0.4) is 0 Å². The molecule has 0 saturated carbocycles. The lowest BCUT2D eigenvalue weighted by atomic mass is 9.88. The van der Waals surface area contributed by atoms with Gasteiger partial charge in [-0.2, -0.15) is 0 Å². The Balaban J connectivity index is 1.51. The molecule has 0 fully saturated rings. The normalized spacial score (nSPS) is 12.3. The van der Waals surface area contributed by atoms with Crippen LogP contribution in [0.1, 0.15) is 17.0 Å². The summed E-state index contributed by atoms with van der Waals surface area (Å²) in [6, 6.07) is 19.4. The van der Waals surface area contributed by atoms with Crippen molar-refractivity contribution in [2.75, 3.05) is 11.9 Å². The Morgan fingerprint density at radius 3 is 2.00 bits per heavy atom. The van der Waals surface area contributed by atoms with E-state index in [4.69, 9.17) is 32.7 Å². The molecule has 0 unspecified atom stereocenters. The third-order valence-corrected chi connectivity index (χ3v) is 5.12. The second kappa shape index (κ2) is 8.15. The van der Waals surface area contributed by atoms with E-state index in [0.29, 0.717) is 32.7 Å². The van der Waals surface area contributed by atoms with Gasteiger partial charge in [0.1, 0.15) is 17.4 Å². The van der Waals surface area contributed by atoms with Crippen molar-refractivity contribution in [3.8, 4) is 11.5 Å². The van der Waals surface area contributed by atoms with Crippen LogP contribution in [-0.2, 0) is 14.3 Å². The maximum absolute atomic E-state index is 12.9. The number of nitrogens with one attached hydrogen (secondary N) is 1. The number of benzene rings is 3. The van der Waals surface area contributed by atoms with E-state index >= 15 is 0 Å². The molecule has 5 nitrogen and oxygen atoms in total. The lowest BCUT2D eigenvalue weighted by molar-refractivity contribution is -0.148. The van der Waals surface area contributed by atoms with Gasteiger partial charge in [-0.15, -0.1) is 0 Å². The van der Waals surface area contributed by atoms with Crippen molar-refractivity contribution in [2.45, 2.75) is 5.92 Å². The van der Waals surface area contributed by atoms with Gasteiger partial charge in [0.15, 0.2) is 6.61 Å². The number of amides is 1.